The lowest BCUT2D eigenvalue weighted by atomic mass is 9.81. The Labute approximate surface area is 247 Å². The van der Waals surface area contributed by atoms with Crippen LogP contribution in [0.15, 0.2) is 62.8 Å². The third-order valence-electron chi connectivity index (χ3n) is 7.25. The van der Waals surface area contributed by atoms with Gasteiger partial charge in [-0.15, -0.1) is 0 Å². The number of nitrogens with zero attached hydrogens (tertiary/aromatic N) is 4. The van der Waals surface area contributed by atoms with Crippen LogP contribution in [-0.4, -0.2) is 145 Å². The second-order valence-electron chi connectivity index (χ2n) is 10.3. The molecule has 0 unspecified atom stereocenters. The summed E-state index contributed by atoms with van der Waals surface area (Å²) in [5, 5.41) is 18.0. The number of halogens is 1. The number of hydrogen-bond donors (Lipinski definition) is 2. The van der Waals surface area contributed by atoms with E-state index in [1.54, 1.807) is 24.3 Å². The molecule has 0 amide bonds. The van der Waals surface area contributed by atoms with Gasteiger partial charge in [0.05, 0.1) is 21.3 Å². The Kier molecular flexibility index (Phi) is 12.6. The van der Waals surface area contributed by atoms with Gasteiger partial charge in [0.25, 0.3) is 0 Å². The zero-order valence-electron chi connectivity index (χ0n) is 23.2. The summed E-state index contributed by atoms with van der Waals surface area (Å²) >= 11 is 3.31. The molecule has 0 atom stereocenters. The predicted octanol–water partition coefficient (Wildman–Crippen LogP) is -0.142. The van der Waals surface area contributed by atoms with Crippen molar-refractivity contribution in [3.63, 3.8) is 0 Å². The van der Waals surface area contributed by atoms with Crippen molar-refractivity contribution in [2.75, 3.05) is 91.0 Å². The van der Waals surface area contributed by atoms with Crippen molar-refractivity contribution in [3.8, 4) is 0 Å². The van der Waals surface area contributed by atoms with Gasteiger partial charge in [-0.1, -0.05) is 28.1 Å². The Morgan fingerprint density at radius 1 is 0.650 bits per heavy atom. The molecule has 14 heteroatoms. The number of piperazine rings is 2. The zero-order chi connectivity index (χ0) is 29.3. The van der Waals surface area contributed by atoms with Gasteiger partial charge in [0.15, 0.2) is 19.7 Å². The van der Waals surface area contributed by atoms with Crippen LogP contribution in [0.4, 0.5) is 0 Å². The summed E-state index contributed by atoms with van der Waals surface area (Å²) in [7, 11) is -3.92. The Morgan fingerprint density at radius 2 is 1.00 bits per heavy atom. The standard InChI is InChI=1S/C13H21BN2O4S.C13H19BrN2O2S/c1-15-6-8-16(9-7-15)10-11-21(19,20)13-4-2-12(3-5-13)14(17)18;1-15-6-8-16(9-7-15)10-11-19(17,18)13-4-2-12(14)3-5-13/h2-5,17-18H,6-11H2,1H3;2-5H,6-11H2,1H3. The summed E-state index contributed by atoms with van der Waals surface area (Å²) in [6.07, 6.45) is 0. The van der Waals surface area contributed by atoms with Gasteiger partial charge in [-0.05, 0) is 56.0 Å². The van der Waals surface area contributed by atoms with Crippen molar-refractivity contribution in [2.24, 2.45) is 0 Å². The van der Waals surface area contributed by atoms with E-state index in [2.05, 4.69) is 49.6 Å². The Hall–Kier alpha value is -1.36. The van der Waals surface area contributed by atoms with Crippen molar-refractivity contribution in [1.82, 2.24) is 19.6 Å². The van der Waals surface area contributed by atoms with E-state index in [0.717, 1.165) is 56.8 Å². The lowest BCUT2D eigenvalue weighted by Crippen LogP contribution is -2.45. The summed E-state index contributed by atoms with van der Waals surface area (Å²) in [5.74, 6) is 0.274. The molecule has 0 saturated carbocycles. The average molecular weight is 659 g/mol. The number of hydrogen-bond acceptors (Lipinski definition) is 10. The number of sulfone groups is 2. The van der Waals surface area contributed by atoms with E-state index >= 15 is 0 Å². The molecule has 2 aromatic rings. The highest BCUT2D eigenvalue weighted by Crippen LogP contribution is 2.16. The van der Waals surface area contributed by atoms with E-state index in [9.17, 15) is 16.8 Å². The maximum absolute atomic E-state index is 12.3. The summed E-state index contributed by atoms with van der Waals surface area (Å²) < 4.78 is 49.8. The second-order valence-corrected chi connectivity index (χ2v) is 15.5. The monoisotopic (exact) mass is 658 g/mol. The third-order valence-corrected chi connectivity index (χ3v) is 11.2. The van der Waals surface area contributed by atoms with Crippen LogP contribution in [0.3, 0.4) is 0 Å². The van der Waals surface area contributed by atoms with Crippen molar-refractivity contribution in [1.29, 1.82) is 0 Å². The number of rotatable bonds is 9. The summed E-state index contributed by atoms with van der Waals surface area (Å²) in [5.41, 5.74) is 0.285. The minimum Gasteiger partial charge on any atom is -0.423 e. The Morgan fingerprint density at radius 3 is 1.35 bits per heavy atom. The van der Waals surface area contributed by atoms with Crippen molar-refractivity contribution < 1.29 is 26.9 Å². The SMILES string of the molecule is CN1CCN(CCS(=O)(=O)c2ccc(B(O)O)cc2)CC1.CN1CCN(CCS(=O)(=O)c2ccc(Br)cc2)CC1. The van der Waals surface area contributed by atoms with Gasteiger partial charge in [-0.2, -0.15) is 0 Å². The van der Waals surface area contributed by atoms with Gasteiger partial charge >= 0.3 is 7.12 Å². The lowest BCUT2D eigenvalue weighted by Gasteiger charge is -2.32. The molecule has 222 valence electrons. The maximum Gasteiger partial charge on any atom is 0.488 e. The molecule has 4 rings (SSSR count). The van der Waals surface area contributed by atoms with E-state index in [-0.39, 0.29) is 21.9 Å². The van der Waals surface area contributed by atoms with Crippen LogP contribution in [0.5, 0.6) is 0 Å². The second kappa shape index (κ2) is 15.2. The number of likely N-dealkylation sites (N-methyl/N-ethyl adjacent to an activating group) is 2. The van der Waals surface area contributed by atoms with Crippen LogP contribution >= 0.6 is 15.9 Å². The van der Waals surface area contributed by atoms with Crippen LogP contribution in [0.2, 0.25) is 0 Å². The fourth-order valence-electron chi connectivity index (χ4n) is 4.37. The van der Waals surface area contributed by atoms with Crippen LogP contribution in [0.25, 0.3) is 0 Å². The molecule has 0 spiro atoms. The maximum atomic E-state index is 12.3. The molecule has 2 N–H and O–H groups in total. The van der Waals surface area contributed by atoms with Crippen molar-refractivity contribution in [3.05, 3.63) is 53.0 Å². The first-order valence-electron chi connectivity index (χ1n) is 13.3. The average Bonchev–Trinajstić information content (AvgIpc) is 2.93. The first-order chi connectivity index (χ1) is 18.9. The highest BCUT2D eigenvalue weighted by atomic mass is 79.9. The highest BCUT2D eigenvalue weighted by Gasteiger charge is 2.21. The lowest BCUT2D eigenvalue weighted by molar-refractivity contribution is 0.161. The summed E-state index contributed by atoms with van der Waals surface area (Å²) in [6, 6.07) is 12.5. The van der Waals surface area contributed by atoms with E-state index in [4.69, 9.17) is 10.0 Å². The molecule has 0 radical (unpaired) electrons. The van der Waals surface area contributed by atoms with Gasteiger partial charge in [0.2, 0.25) is 0 Å². The molecule has 2 aliphatic rings. The van der Waals surface area contributed by atoms with Gasteiger partial charge in [0.1, 0.15) is 0 Å². The van der Waals surface area contributed by atoms with Crippen LogP contribution in [-0.2, 0) is 19.7 Å². The topological polar surface area (TPSA) is 122 Å². The molecule has 2 aromatic carbocycles. The molecule has 10 nitrogen and oxygen atoms in total. The number of benzene rings is 2. The van der Waals surface area contributed by atoms with E-state index in [1.165, 1.54) is 24.3 Å². The normalized spacial score (nSPS) is 18.2. The van der Waals surface area contributed by atoms with E-state index in [0.29, 0.717) is 18.0 Å². The zero-order valence-corrected chi connectivity index (χ0v) is 26.4. The molecule has 2 saturated heterocycles. The Balaban J connectivity index is 0.000000222. The molecule has 2 aliphatic heterocycles. The first kappa shape index (κ1) is 33.2. The highest BCUT2D eigenvalue weighted by molar-refractivity contribution is 9.10. The van der Waals surface area contributed by atoms with Gasteiger partial charge in [-0.25, -0.2) is 16.8 Å². The minimum atomic E-state index is -3.33. The van der Waals surface area contributed by atoms with Gasteiger partial charge in [0, 0.05) is 69.9 Å². The third kappa shape index (κ3) is 10.5. The van der Waals surface area contributed by atoms with Crippen molar-refractivity contribution in [2.45, 2.75) is 9.79 Å². The molecule has 40 heavy (non-hydrogen) atoms. The van der Waals surface area contributed by atoms with Gasteiger partial charge in [-0.3, -0.25) is 9.80 Å². The molecule has 0 aliphatic carbocycles. The van der Waals surface area contributed by atoms with E-state index in [1.807, 2.05) is 0 Å². The molecular weight excluding hydrogens is 619 g/mol. The smallest absolute Gasteiger partial charge is 0.423 e. The van der Waals surface area contributed by atoms with Crippen molar-refractivity contribution >= 4 is 48.2 Å². The largest absolute Gasteiger partial charge is 0.488 e. The molecular formula is C26H40BBrN4O6S2. The quantitative estimate of drug-likeness (QED) is 0.352. The fourth-order valence-corrected chi connectivity index (χ4v) is 7.20. The van der Waals surface area contributed by atoms with Gasteiger partial charge < -0.3 is 19.8 Å². The summed E-state index contributed by atoms with van der Waals surface area (Å²) in [4.78, 5) is 9.49. The van der Waals surface area contributed by atoms with Crippen LogP contribution in [0.1, 0.15) is 0 Å². The molecule has 2 fully saturated rings. The van der Waals surface area contributed by atoms with Crippen LogP contribution < -0.4 is 5.46 Å². The Bertz CT molecular complexity index is 1270. The first-order valence-corrected chi connectivity index (χ1v) is 17.4. The minimum absolute atomic E-state index is 0.0811. The molecule has 2 heterocycles. The van der Waals surface area contributed by atoms with E-state index < -0.39 is 26.8 Å². The van der Waals surface area contributed by atoms with Crippen LogP contribution in [0, 0.1) is 0 Å². The molecule has 0 bridgehead atoms. The molecule has 0 aromatic heterocycles. The summed E-state index contributed by atoms with van der Waals surface area (Å²) in [6.45, 7) is 8.78. The predicted molar refractivity (Wildman–Crippen MR) is 162 cm³/mol. The fraction of sp³-hybridized carbons (Fsp3) is 0.538.